The van der Waals surface area contributed by atoms with Crippen molar-refractivity contribution in [2.45, 2.75) is 44.6 Å². The number of carbonyl (C=O) groups is 1. The summed E-state index contributed by atoms with van der Waals surface area (Å²) in [5.41, 5.74) is 0.651. The lowest BCUT2D eigenvalue weighted by Gasteiger charge is -2.32. The fourth-order valence-corrected chi connectivity index (χ4v) is 3.80. The van der Waals surface area contributed by atoms with Gasteiger partial charge in [0.15, 0.2) is 0 Å². The molecule has 2 aliphatic rings. The second-order valence-electron chi connectivity index (χ2n) is 6.83. The Kier molecular flexibility index (Phi) is 5.55. The summed E-state index contributed by atoms with van der Waals surface area (Å²) in [7, 11) is 1.61. The predicted octanol–water partition coefficient (Wildman–Crippen LogP) is 2.98. The van der Waals surface area contributed by atoms with Crippen LogP contribution >= 0.6 is 0 Å². The van der Waals surface area contributed by atoms with Crippen molar-refractivity contribution >= 4 is 5.91 Å². The summed E-state index contributed by atoms with van der Waals surface area (Å²) in [6.45, 7) is 1.52. The minimum atomic E-state index is -0.0342. The van der Waals surface area contributed by atoms with E-state index in [1.807, 2.05) is 18.2 Å². The van der Waals surface area contributed by atoms with E-state index in [0.29, 0.717) is 23.9 Å². The predicted molar refractivity (Wildman–Crippen MR) is 91.8 cm³/mol. The number of ether oxygens (including phenoxy) is 1. The summed E-state index contributed by atoms with van der Waals surface area (Å²) < 4.78 is 5.16. The third-order valence-electron chi connectivity index (χ3n) is 5.20. The number of nitrogens with one attached hydrogen (secondary N) is 2. The van der Waals surface area contributed by atoms with E-state index in [0.717, 1.165) is 18.4 Å². The van der Waals surface area contributed by atoms with E-state index < -0.39 is 0 Å². The van der Waals surface area contributed by atoms with Gasteiger partial charge in [-0.1, -0.05) is 18.9 Å². The number of hydrogen-bond donors (Lipinski definition) is 2. The first-order valence-corrected chi connectivity index (χ1v) is 8.93. The normalized spacial score (nSPS) is 24.2. The SMILES string of the molecule is COc1cccc(C(=O)NCCN[C@H]2CCCC[C@H]2C2CC2)c1. The summed E-state index contributed by atoms with van der Waals surface area (Å²) in [4.78, 5) is 12.2. The Morgan fingerprint density at radius 2 is 2.00 bits per heavy atom. The highest BCUT2D eigenvalue weighted by Gasteiger charge is 2.37. The molecule has 0 heterocycles. The van der Waals surface area contributed by atoms with Gasteiger partial charge < -0.3 is 15.4 Å². The third-order valence-corrected chi connectivity index (χ3v) is 5.20. The molecule has 1 aromatic rings. The van der Waals surface area contributed by atoms with Crippen LogP contribution in [-0.4, -0.2) is 32.1 Å². The highest BCUT2D eigenvalue weighted by atomic mass is 16.5. The summed E-state index contributed by atoms with van der Waals surface area (Å²) in [6.07, 6.45) is 8.28. The van der Waals surface area contributed by atoms with Crippen LogP contribution in [-0.2, 0) is 0 Å². The zero-order chi connectivity index (χ0) is 16.1. The van der Waals surface area contributed by atoms with E-state index in [1.165, 1.54) is 38.5 Å². The van der Waals surface area contributed by atoms with Gasteiger partial charge >= 0.3 is 0 Å². The first-order chi connectivity index (χ1) is 11.3. The molecule has 1 amide bonds. The van der Waals surface area contributed by atoms with Crippen LogP contribution in [0.2, 0.25) is 0 Å². The van der Waals surface area contributed by atoms with Gasteiger partial charge in [0, 0.05) is 24.7 Å². The Balaban J connectivity index is 1.41. The van der Waals surface area contributed by atoms with E-state index >= 15 is 0 Å². The summed E-state index contributed by atoms with van der Waals surface area (Å²) in [5.74, 6) is 2.52. The Hall–Kier alpha value is -1.55. The molecule has 1 aromatic carbocycles. The molecule has 23 heavy (non-hydrogen) atoms. The summed E-state index contributed by atoms with van der Waals surface area (Å²) in [5, 5.41) is 6.68. The molecule has 126 valence electrons. The number of methoxy groups -OCH3 is 1. The van der Waals surface area contributed by atoms with E-state index in [9.17, 15) is 4.79 Å². The van der Waals surface area contributed by atoms with Gasteiger partial charge in [-0.15, -0.1) is 0 Å². The largest absolute Gasteiger partial charge is 0.497 e. The molecule has 3 rings (SSSR count). The van der Waals surface area contributed by atoms with E-state index in [4.69, 9.17) is 4.74 Å². The maximum absolute atomic E-state index is 12.2. The number of amides is 1. The van der Waals surface area contributed by atoms with Crippen molar-refractivity contribution in [1.82, 2.24) is 10.6 Å². The van der Waals surface area contributed by atoms with Gasteiger partial charge in [0.2, 0.25) is 0 Å². The highest BCUT2D eigenvalue weighted by Crippen LogP contribution is 2.43. The van der Waals surface area contributed by atoms with Gasteiger partial charge in [0.25, 0.3) is 5.91 Å². The van der Waals surface area contributed by atoms with Gasteiger partial charge in [-0.2, -0.15) is 0 Å². The fourth-order valence-electron chi connectivity index (χ4n) is 3.80. The molecule has 4 nitrogen and oxygen atoms in total. The average molecular weight is 316 g/mol. The standard InChI is InChI=1S/C19H28N2O2/c1-23-16-6-4-5-15(13-16)19(22)21-12-11-20-18-8-3-2-7-17(18)14-9-10-14/h4-6,13-14,17-18,20H,2-3,7-12H2,1H3,(H,21,22)/t17-,18-/m0/s1. The van der Waals surface area contributed by atoms with E-state index in [2.05, 4.69) is 10.6 Å². The van der Waals surface area contributed by atoms with Crippen molar-refractivity contribution < 1.29 is 9.53 Å². The molecule has 0 aliphatic heterocycles. The Morgan fingerprint density at radius 3 is 2.78 bits per heavy atom. The maximum Gasteiger partial charge on any atom is 0.251 e. The molecule has 2 saturated carbocycles. The molecular weight excluding hydrogens is 288 g/mol. The second-order valence-corrected chi connectivity index (χ2v) is 6.83. The van der Waals surface area contributed by atoms with Crippen molar-refractivity contribution in [3.05, 3.63) is 29.8 Å². The van der Waals surface area contributed by atoms with Crippen molar-refractivity contribution in [2.24, 2.45) is 11.8 Å². The molecule has 0 aromatic heterocycles. The lowest BCUT2D eigenvalue weighted by Crippen LogP contribution is -2.43. The zero-order valence-corrected chi connectivity index (χ0v) is 14.0. The molecule has 2 atom stereocenters. The van der Waals surface area contributed by atoms with Crippen LogP contribution in [0.15, 0.2) is 24.3 Å². The average Bonchev–Trinajstić information content (AvgIpc) is 3.44. The van der Waals surface area contributed by atoms with Gasteiger partial charge in [-0.25, -0.2) is 0 Å². The quantitative estimate of drug-likeness (QED) is 0.760. The molecule has 0 saturated heterocycles. The first-order valence-electron chi connectivity index (χ1n) is 8.93. The van der Waals surface area contributed by atoms with Gasteiger partial charge in [0.1, 0.15) is 5.75 Å². The maximum atomic E-state index is 12.2. The van der Waals surface area contributed by atoms with Crippen LogP contribution in [0.3, 0.4) is 0 Å². The van der Waals surface area contributed by atoms with Crippen molar-refractivity contribution in [1.29, 1.82) is 0 Å². The minimum absolute atomic E-state index is 0.0342. The van der Waals surface area contributed by atoms with Crippen molar-refractivity contribution in [2.75, 3.05) is 20.2 Å². The summed E-state index contributed by atoms with van der Waals surface area (Å²) >= 11 is 0. The van der Waals surface area contributed by atoms with Crippen LogP contribution in [0.5, 0.6) is 5.75 Å². The third kappa shape index (κ3) is 4.47. The van der Waals surface area contributed by atoms with Gasteiger partial charge in [-0.3, -0.25) is 4.79 Å². The van der Waals surface area contributed by atoms with Crippen LogP contribution in [0.1, 0.15) is 48.9 Å². The monoisotopic (exact) mass is 316 g/mol. The van der Waals surface area contributed by atoms with E-state index in [-0.39, 0.29) is 5.91 Å². The molecule has 0 spiro atoms. The van der Waals surface area contributed by atoms with Crippen LogP contribution < -0.4 is 15.4 Å². The Bertz CT molecular complexity index is 528. The number of hydrogen-bond acceptors (Lipinski definition) is 3. The van der Waals surface area contributed by atoms with Crippen molar-refractivity contribution in [3.63, 3.8) is 0 Å². The molecule has 0 unspecified atom stereocenters. The van der Waals surface area contributed by atoms with Crippen molar-refractivity contribution in [3.8, 4) is 5.75 Å². The molecule has 4 heteroatoms. The lowest BCUT2D eigenvalue weighted by molar-refractivity contribution is 0.0952. The molecular formula is C19H28N2O2. The number of benzene rings is 1. The molecule has 0 bridgehead atoms. The molecule has 0 radical (unpaired) electrons. The number of carbonyl (C=O) groups excluding carboxylic acids is 1. The summed E-state index contributed by atoms with van der Waals surface area (Å²) in [6, 6.07) is 7.93. The highest BCUT2D eigenvalue weighted by molar-refractivity contribution is 5.94. The Labute approximate surface area is 139 Å². The van der Waals surface area contributed by atoms with Crippen LogP contribution in [0.4, 0.5) is 0 Å². The second kappa shape index (κ2) is 7.82. The minimum Gasteiger partial charge on any atom is -0.497 e. The molecule has 2 N–H and O–H groups in total. The lowest BCUT2D eigenvalue weighted by atomic mass is 9.81. The van der Waals surface area contributed by atoms with Gasteiger partial charge in [-0.05, 0) is 55.7 Å². The molecule has 2 fully saturated rings. The number of rotatable bonds is 7. The zero-order valence-electron chi connectivity index (χ0n) is 14.0. The molecule has 2 aliphatic carbocycles. The Morgan fingerprint density at radius 1 is 1.17 bits per heavy atom. The van der Waals surface area contributed by atoms with Crippen LogP contribution in [0, 0.1) is 11.8 Å². The van der Waals surface area contributed by atoms with Crippen LogP contribution in [0.25, 0.3) is 0 Å². The topological polar surface area (TPSA) is 50.4 Å². The fraction of sp³-hybridized carbons (Fsp3) is 0.632. The smallest absolute Gasteiger partial charge is 0.251 e. The van der Waals surface area contributed by atoms with Gasteiger partial charge in [0.05, 0.1) is 7.11 Å². The first kappa shape index (κ1) is 16.3. The van der Waals surface area contributed by atoms with E-state index in [1.54, 1.807) is 13.2 Å².